The fraction of sp³-hybridized carbons (Fsp3) is 0.571. The minimum absolute atomic E-state index is 0.345. The molecule has 1 unspecified atom stereocenters. The highest BCUT2D eigenvalue weighted by Crippen LogP contribution is 2.47. The number of nitrogen functional groups attached to an aromatic ring is 1. The molecule has 0 bridgehead atoms. The lowest BCUT2D eigenvalue weighted by Crippen LogP contribution is -2.35. The number of ether oxygens (including phenoxy) is 1. The van der Waals surface area contributed by atoms with E-state index in [1.165, 1.54) is 13.3 Å². The molecule has 7 heteroatoms. The Morgan fingerprint density at radius 3 is 2.86 bits per heavy atom. The molecule has 6 nitrogen and oxygen atoms in total. The van der Waals surface area contributed by atoms with Gasteiger partial charge in [0, 0.05) is 12.1 Å². The van der Waals surface area contributed by atoms with E-state index in [2.05, 4.69) is 9.97 Å². The van der Waals surface area contributed by atoms with E-state index >= 15 is 4.39 Å². The largest absolute Gasteiger partial charge is 0.391 e. The summed E-state index contributed by atoms with van der Waals surface area (Å²) in [7, 11) is 0. The Morgan fingerprint density at radius 2 is 2.24 bits per heavy atom. The molecule has 3 N–H and O–H groups in total. The van der Waals surface area contributed by atoms with Gasteiger partial charge in [-0.1, -0.05) is 6.92 Å². The number of aromatic nitrogens is 3. The first-order valence-corrected chi connectivity index (χ1v) is 6.93. The Labute approximate surface area is 121 Å². The molecule has 3 rings (SSSR count). The van der Waals surface area contributed by atoms with Crippen molar-refractivity contribution in [3.8, 4) is 0 Å². The van der Waals surface area contributed by atoms with Crippen molar-refractivity contribution in [3.63, 3.8) is 0 Å². The maximum Gasteiger partial charge on any atom is 0.169 e. The predicted molar refractivity (Wildman–Crippen MR) is 76.2 cm³/mol. The topological polar surface area (TPSA) is 86.2 Å². The average Bonchev–Trinajstić information content (AvgIpc) is 2.92. The summed E-state index contributed by atoms with van der Waals surface area (Å²) in [5.41, 5.74) is 4.69. The van der Waals surface area contributed by atoms with Gasteiger partial charge in [-0.25, -0.2) is 14.4 Å². The third kappa shape index (κ3) is 1.99. The highest BCUT2D eigenvalue weighted by Gasteiger charge is 2.54. The van der Waals surface area contributed by atoms with E-state index in [0.717, 1.165) is 0 Å². The molecule has 0 spiro atoms. The number of nitrogens with two attached hydrogens (primary N) is 1. The monoisotopic (exact) mass is 294 g/mol. The second-order valence-electron chi connectivity index (χ2n) is 5.85. The van der Waals surface area contributed by atoms with E-state index in [1.807, 2.05) is 0 Å². The number of rotatable bonds is 2. The van der Waals surface area contributed by atoms with Crippen molar-refractivity contribution in [2.45, 2.75) is 44.9 Å². The van der Waals surface area contributed by atoms with Gasteiger partial charge in [0.15, 0.2) is 11.9 Å². The van der Waals surface area contributed by atoms with E-state index in [0.29, 0.717) is 16.9 Å². The molecule has 0 amide bonds. The van der Waals surface area contributed by atoms with E-state index in [4.69, 9.17) is 10.5 Å². The molecule has 1 aliphatic rings. The molecule has 0 aromatic carbocycles. The number of anilines is 1. The number of hydrogen-bond acceptors (Lipinski definition) is 5. The van der Waals surface area contributed by atoms with E-state index in [9.17, 15) is 5.11 Å². The summed E-state index contributed by atoms with van der Waals surface area (Å²) in [6.07, 6.45) is 0.853. The maximum atomic E-state index is 15.1. The molecular formula is C14H19FN4O2. The molecule has 1 fully saturated rings. The second-order valence-corrected chi connectivity index (χ2v) is 5.85. The summed E-state index contributed by atoms with van der Waals surface area (Å²) in [5, 5.41) is 10.4. The number of alkyl halides is 1. The van der Waals surface area contributed by atoms with Crippen molar-refractivity contribution in [1.82, 2.24) is 14.5 Å². The van der Waals surface area contributed by atoms with Crippen molar-refractivity contribution in [3.05, 3.63) is 18.6 Å². The van der Waals surface area contributed by atoms with Gasteiger partial charge in [0.1, 0.15) is 17.8 Å². The zero-order chi connectivity index (χ0) is 15.4. The standard InChI is InChI=1S/C14H19FN4O2/c1-7-10(8(2)20)21-13(14(7,3)15)19-5-4-9-11(16)17-6-18-12(9)19/h4-8,10,13,20H,1-3H3,(H2,16,17,18)/t7-,8?,10+,13-,14-/m1/s1. The Morgan fingerprint density at radius 1 is 1.52 bits per heavy atom. The van der Waals surface area contributed by atoms with Crippen LogP contribution < -0.4 is 5.73 Å². The normalized spacial score (nSPS) is 34.4. The lowest BCUT2D eigenvalue weighted by molar-refractivity contribution is -0.0760. The molecule has 114 valence electrons. The van der Waals surface area contributed by atoms with Crippen LogP contribution in [0.1, 0.15) is 27.0 Å². The summed E-state index contributed by atoms with van der Waals surface area (Å²) in [5.74, 6) is -0.100. The van der Waals surface area contributed by atoms with E-state index in [1.54, 1.807) is 30.7 Å². The van der Waals surface area contributed by atoms with Crippen LogP contribution in [-0.4, -0.2) is 37.5 Å². The smallest absolute Gasteiger partial charge is 0.169 e. The van der Waals surface area contributed by atoms with Gasteiger partial charge in [-0.05, 0) is 19.9 Å². The van der Waals surface area contributed by atoms with Crippen molar-refractivity contribution >= 4 is 16.9 Å². The summed E-state index contributed by atoms with van der Waals surface area (Å²) in [4.78, 5) is 8.09. The highest BCUT2D eigenvalue weighted by atomic mass is 19.1. The lowest BCUT2D eigenvalue weighted by Gasteiger charge is -2.26. The predicted octanol–water partition coefficient (Wildman–Crippen LogP) is 1.66. The molecule has 5 atom stereocenters. The number of aliphatic hydroxyl groups is 1. The summed E-state index contributed by atoms with van der Waals surface area (Å²) < 4.78 is 22.5. The number of fused-ring (bicyclic) bond motifs is 1. The summed E-state index contributed by atoms with van der Waals surface area (Å²) >= 11 is 0. The van der Waals surface area contributed by atoms with Crippen LogP contribution in [0.4, 0.5) is 10.2 Å². The van der Waals surface area contributed by atoms with E-state index < -0.39 is 30.0 Å². The SMILES string of the molecule is CC(O)[C@H]1O[C@@H](n2ccc3c(N)ncnc32)[C@](C)(F)[C@@H]1C. The van der Waals surface area contributed by atoms with Gasteiger partial charge < -0.3 is 20.1 Å². The summed E-state index contributed by atoms with van der Waals surface area (Å²) in [6.45, 7) is 4.83. The molecular weight excluding hydrogens is 275 g/mol. The third-order valence-corrected chi connectivity index (χ3v) is 4.42. The van der Waals surface area contributed by atoms with Gasteiger partial charge in [-0.2, -0.15) is 0 Å². The van der Waals surface area contributed by atoms with Crippen molar-refractivity contribution in [2.24, 2.45) is 5.92 Å². The van der Waals surface area contributed by atoms with E-state index in [-0.39, 0.29) is 0 Å². The highest BCUT2D eigenvalue weighted by molar-refractivity contribution is 5.86. The van der Waals surface area contributed by atoms with Gasteiger partial charge in [0.05, 0.1) is 17.6 Å². The summed E-state index contributed by atoms with van der Waals surface area (Å²) in [6, 6.07) is 1.74. The van der Waals surface area contributed by atoms with Crippen LogP contribution in [0.5, 0.6) is 0 Å². The van der Waals surface area contributed by atoms with Crippen LogP contribution in [0.25, 0.3) is 11.0 Å². The molecule has 0 saturated carbocycles. The first-order chi connectivity index (χ1) is 9.84. The van der Waals surface area contributed by atoms with Crippen molar-refractivity contribution in [2.75, 3.05) is 5.73 Å². The van der Waals surface area contributed by atoms with Gasteiger partial charge in [-0.3, -0.25) is 0 Å². The Kier molecular flexibility index (Phi) is 3.14. The molecule has 0 radical (unpaired) electrons. The zero-order valence-electron chi connectivity index (χ0n) is 12.2. The first-order valence-electron chi connectivity index (χ1n) is 6.93. The van der Waals surface area contributed by atoms with Crippen LogP contribution in [-0.2, 0) is 4.74 Å². The second kappa shape index (κ2) is 4.64. The van der Waals surface area contributed by atoms with Gasteiger partial charge in [0.25, 0.3) is 0 Å². The number of hydrogen-bond donors (Lipinski definition) is 2. The number of nitrogens with zero attached hydrogens (tertiary/aromatic N) is 3. The van der Waals surface area contributed by atoms with Crippen LogP contribution in [0.15, 0.2) is 18.6 Å². The first kappa shape index (κ1) is 14.2. The third-order valence-electron chi connectivity index (χ3n) is 4.42. The molecule has 2 aromatic heterocycles. The number of aliphatic hydroxyl groups excluding tert-OH is 1. The Balaban J connectivity index is 2.08. The van der Waals surface area contributed by atoms with Gasteiger partial charge >= 0.3 is 0 Å². The van der Waals surface area contributed by atoms with Crippen LogP contribution in [0, 0.1) is 5.92 Å². The molecule has 2 aromatic rings. The van der Waals surface area contributed by atoms with Crippen molar-refractivity contribution < 1.29 is 14.2 Å². The maximum absolute atomic E-state index is 15.1. The van der Waals surface area contributed by atoms with Gasteiger partial charge in [0.2, 0.25) is 0 Å². The average molecular weight is 294 g/mol. The molecule has 0 aliphatic carbocycles. The zero-order valence-corrected chi connectivity index (χ0v) is 12.2. The molecule has 1 aliphatic heterocycles. The van der Waals surface area contributed by atoms with Gasteiger partial charge in [-0.15, -0.1) is 0 Å². The van der Waals surface area contributed by atoms with Crippen LogP contribution in [0.3, 0.4) is 0 Å². The Bertz CT molecular complexity index is 670. The fourth-order valence-corrected chi connectivity index (χ4v) is 2.99. The molecule has 21 heavy (non-hydrogen) atoms. The lowest BCUT2D eigenvalue weighted by atomic mass is 9.88. The minimum Gasteiger partial charge on any atom is -0.391 e. The van der Waals surface area contributed by atoms with Crippen LogP contribution >= 0.6 is 0 Å². The van der Waals surface area contributed by atoms with Crippen LogP contribution in [0.2, 0.25) is 0 Å². The minimum atomic E-state index is -1.63. The molecule has 3 heterocycles. The molecule has 1 saturated heterocycles. The van der Waals surface area contributed by atoms with Crippen molar-refractivity contribution in [1.29, 1.82) is 0 Å². The Hall–Kier alpha value is -1.73. The quantitative estimate of drug-likeness (QED) is 0.879. The number of halogens is 1. The fourth-order valence-electron chi connectivity index (χ4n) is 2.99.